The summed E-state index contributed by atoms with van der Waals surface area (Å²) in [5, 5.41) is 13.4. The fraction of sp³-hybridized carbons (Fsp3) is 0.375. The summed E-state index contributed by atoms with van der Waals surface area (Å²) in [5.74, 6) is -1.58. The lowest BCUT2D eigenvalue weighted by Crippen LogP contribution is -2.30. The van der Waals surface area contributed by atoms with E-state index >= 15 is 0 Å². The third kappa shape index (κ3) is 3.53. The molecule has 1 aliphatic rings. The third-order valence-electron chi connectivity index (χ3n) is 4.00. The van der Waals surface area contributed by atoms with Crippen LogP contribution in [-0.2, 0) is 19.4 Å². The molecule has 0 unspecified atom stereocenters. The van der Waals surface area contributed by atoms with Crippen molar-refractivity contribution >= 4 is 23.2 Å². The van der Waals surface area contributed by atoms with Crippen LogP contribution in [0, 0.1) is 0 Å². The molecule has 0 bridgehead atoms. The number of H-pyrrole nitrogens is 1. The van der Waals surface area contributed by atoms with E-state index in [9.17, 15) is 14.4 Å². The van der Waals surface area contributed by atoms with Crippen molar-refractivity contribution in [1.29, 1.82) is 0 Å². The Morgan fingerprint density at radius 3 is 2.83 bits per heavy atom. The van der Waals surface area contributed by atoms with Crippen LogP contribution in [0.15, 0.2) is 16.2 Å². The number of carboxylic acid groups (broad SMARTS) is 1. The number of carbonyl (C=O) groups is 2. The van der Waals surface area contributed by atoms with E-state index in [1.807, 2.05) is 0 Å². The highest BCUT2D eigenvalue weighted by atomic mass is 32.1. The molecule has 0 saturated carbocycles. The van der Waals surface area contributed by atoms with Gasteiger partial charge in [-0.2, -0.15) is 0 Å². The number of nitrogens with one attached hydrogen (secondary N) is 2. The SMILES string of the molecule is O=C(O)c1csc(CNC(=O)c2cc3c([nH]c2=O)CCCCC3)n1. The van der Waals surface area contributed by atoms with Gasteiger partial charge in [0, 0.05) is 11.1 Å². The lowest BCUT2D eigenvalue weighted by Gasteiger charge is -2.08. The second-order valence-electron chi connectivity index (χ2n) is 5.69. The number of nitrogens with zero attached hydrogens (tertiary/aromatic N) is 1. The van der Waals surface area contributed by atoms with Crippen LogP contribution in [0.4, 0.5) is 0 Å². The first-order valence-electron chi connectivity index (χ1n) is 7.75. The summed E-state index contributed by atoms with van der Waals surface area (Å²) in [6.07, 6.45) is 4.92. The summed E-state index contributed by atoms with van der Waals surface area (Å²) < 4.78 is 0. The van der Waals surface area contributed by atoms with E-state index in [-0.39, 0.29) is 17.8 Å². The van der Waals surface area contributed by atoms with Crippen molar-refractivity contribution in [1.82, 2.24) is 15.3 Å². The number of rotatable bonds is 4. The number of amides is 1. The van der Waals surface area contributed by atoms with E-state index < -0.39 is 17.4 Å². The van der Waals surface area contributed by atoms with Gasteiger partial charge in [0.25, 0.3) is 11.5 Å². The van der Waals surface area contributed by atoms with Crippen molar-refractivity contribution in [2.75, 3.05) is 0 Å². The maximum atomic E-state index is 12.3. The number of aromatic carboxylic acids is 1. The van der Waals surface area contributed by atoms with Gasteiger partial charge in [-0.25, -0.2) is 9.78 Å². The van der Waals surface area contributed by atoms with E-state index in [0.717, 1.165) is 54.7 Å². The molecule has 0 aromatic carbocycles. The lowest BCUT2D eigenvalue weighted by atomic mass is 10.1. The monoisotopic (exact) mass is 347 g/mol. The number of aryl methyl sites for hydroxylation is 2. The van der Waals surface area contributed by atoms with Crippen LogP contribution in [0.3, 0.4) is 0 Å². The van der Waals surface area contributed by atoms with E-state index in [1.165, 1.54) is 5.38 Å². The highest BCUT2D eigenvalue weighted by Gasteiger charge is 2.17. The first-order chi connectivity index (χ1) is 11.5. The summed E-state index contributed by atoms with van der Waals surface area (Å²) >= 11 is 1.15. The zero-order chi connectivity index (χ0) is 17.1. The molecule has 126 valence electrons. The normalized spacial score (nSPS) is 13.8. The molecule has 24 heavy (non-hydrogen) atoms. The van der Waals surface area contributed by atoms with Crippen LogP contribution in [0.2, 0.25) is 0 Å². The Bertz CT molecular complexity index is 840. The van der Waals surface area contributed by atoms with Gasteiger partial charge >= 0.3 is 5.97 Å². The van der Waals surface area contributed by atoms with Gasteiger partial charge in [0.2, 0.25) is 0 Å². The number of hydrogen-bond acceptors (Lipinski definition) is 5. The van der Waals surface area contributed by atoms with Crippen LogP contribution < -0.4 is 10.9 Å². The molecular formula is C16H17N3O4S. The molecule has 0 aliphatic heterocycles. The predicted molar refractivity (Wildman–Crippen MR) is 88.6 cm³/mol. The lowest BCUT2D eigenvalue weighted by molar-refractivity contribution is 0.0691. The van der Waals surface area contributed by atoms with Crippen LogP contribution in [-0.4, -0.2) is 27.0 Å². The number of hydrogen-bond donors (Lipinski definition) is 3. The van der Waals surface area contributed by atoms with Crippen LogP contribution in [0.1, 0.15) is 56.4 Å². The minimum absolute atomic E-state index is 0.0490. The van der Waals surface area contributed by atoms with Gasteiger partial charge in [-0.15, -0.1) is 11.3 Å². The first-order valence-corrected chi connectivity index (χ1v) is 8.63. The molecule has 3 N–H and O–H groups in total. The molecule has 0 atom stereocenters. The van der Waals surface area contributed by atoms with E-state index in [4.69, 9.17) is 5.11 Å². The zero-order valence-electron chi connectivity index (χ0n) is 12.9. The highest BCUT2D eigenvalue weighted by Crippen LogP contribution is 2.18. The van der Waals surface area contributed by atoms with Gasteiger partial charge in [0.1, 0.15) is 10.6 Å². The minimum Gasteiger partial charge on any atom is -0.476 e. The summed E-state index contributed by atoms with van der Waals surface area (Å²) in [5.41, 5.74) is 1.61. The second-order valence-corrected chi connectivity index (χ2v) is 6.63. The van der Waals surface area contributed by atoms with E-state index in [1.54, 1.807) is 6.07 Å². The molecule has 1 aliphatic carbocycles. The Morgan fingerprint density at radius 1 is 1.29 bits per heavy atom. The van der Waals surface area contributed by atoms with Crippen molar-refractivity contribution < 1.29 is 14.7 Å². The molecule has 3 rings (SSSR count). The van der Waals surface area contributed by atoms with Gasteiger partial charge in [-0.05, 0) is 37.3 Å². The van der Waals surface area contributed by atoms with Gasteiger partial charge in [0.05, 0.1) is 6.54 Å². The topological polar surface area (TPSA) is 112 Å². The zero-order valence-corrected chi connectivity index (χ0v) is 13.7. The number of aromatic nitrogens is 2. The standard InChI is InChI=1S/C16H17N3O4S/c20-14(17-7-13-18-12(8-24-13)16(22)23)10-6-9-4-2-1-3-5-11(9)19-15(10)21/h6,8H,1-5,7H2,(H,17,20)(H,19,21)(H,22,23). The van der Waals surface area contributed by atoms with Gasteiger partial charge in [0.15, 0.2) is 5.69 Å². The minimum atomic E-state index is -1.11. The molecule has 1 amide bonds. The van der Waals surface area contributed by atoms with E-state index in [2.05, 4.69) is 15.3 Å². The molecule has 0 saturated heterocycles. The van der Waals surface area contributed by atoms with Crippen molar-refractivity contribution in [3.63, 3.8) is 0 Å². The fourth-order valence-corrected chi connectivity index (χ4v) is 3.47. The summed E-state index contributed by atoms with van der Waals surface area (Å²) in [6.45, 7) is 0.0906. The van der Waals surface area contributed by atoms with Crippen molar-refractivity contribution in [2.45, 2.75) is 38.6 Å². The highest BCUT2D eigenvalue weighted by molar-refractivity contribution is 7.09. The third-order valence-corrected chi connectivity index (χ3v) is 4.85. The largest absolute Gasteiger partial charge is 0.476 e. The Hall–Kier alpha value is -2.48. The van der Waals surface area contributed by atoms with Crippen LogP contribution in [0.25, 0.3) is 0 Å². The molecule has 8 heteroatoms. The smallest absolute Gasteiger partial charge is 0.355 e. The molecule has 0 spiro atoms. The molecule has 2 aromatic rings. The van der Waals surface area contributed by atoms with Crippen LogP contribution in [0.5, 0.6) is 0 Å². The number of pyridine rings is 1. The fourth-order valence-electron chi connectivity index (χ4n) is 2.76. The Kier molecular flexibility index (Phi) is 4.75. The van der Waals surface area contributed by atoms with Gasteiger partial charge in [-0.3, -0.25) is 9.59 Å². The predicted octanol–water partition coefficient (Wildman–Crippen LogP) is 1.73. The number of thiazole rings is 1. The average Bonchev–Trinajstić information content (AvgIpc) is 2.92. The number of carboxylic acids is 1. The molecule has 2 aromatic heterocycles. The maximum Gasteiger partial charge on any atom is 0.355 e. The van der Waals surface area contributed by atoms with Gasteiger partial charge in [-0.1, -0.05) is 6.42 Å². The summed E-state index contributed by atoms with van der Waals surface area (Å²) in [4.78, 5) is 41.9. The second kappa shape index (κ2) is 6.96. The van der Waals surface area contributed by atoms with Crippen LogP contribution >= 0.6 is 11.3 Å². The Balaban J connectivity index is 1.73. The first kappa shape index (κ1) is 16.4. The number of carbonyl (C=O) groups excluding carboxylic acids is 1. The van der Waals surface area contributed by atoms with Gasteiger partial charge < -0.3 is 15.4 Å². The maximum absolute atomic E-state index is 12.3. The molecular weight excluding hydrogens is 330 g/mol. The van der Waals surface area contributed by atoms with Crippen molar-refractivity contribution in [2.24, 2.45) is 0 Å². The van der Waals surface area contributed by atoms with E-state index in [0.29, 0.717) is 5.01 Å². The molecule has 2 heterocycles. The van der Waals surface area contributed by atoms with Crippen molar-refractivity contribution in [3.8, 4) is 0 Å². The summed E-state index contributed by atoms with van der Waals surface area (Å²) in [6, 6.07) is 1.68. The Morgan fingerprint density at radius 2 is 2.08 bits per heavy atom. The number of fused-ring (bicyclic) bond motifs is 1. The summed E-state index contributed by atoms with van der Waals surface area (Å²) in [7, 11) is 0. The quantitative estimate of drug-likeness (QED) is 0.729. The number of aromatic amines is 1. The average molecular weight is 347 g/mol. The molecule has 7 nitrogen and oxygen atoms in total. The molecule has 0 radical (unpaired) electrons. The molecule has 0 fully saturated rings. The van der Waals surface area contributed by atoms with Crippen molar-refractivity contribution in [3.05, 3.63) is 49.3 Å². The Labute approximate surface area is 141 Å².